The van der Waals surface area contributed by atoms with Crippen LogP contribution in [0.5, 0.6) is 0 Å². The number of hydrogen-bond acceptors (Lipinski definition) is 2. The molecule has 0 aromatic carbocycles. The van der Waals surface area contributed by atoms with Crippen molar-refractivity contribution in [3.05, 3.63) is 18.0 Å². The maximum absolute atomic E-state index is 5.92. The highest BCUT2D eigenvalue weighted by atomic mass is 15.2. The van der Waals surface area contributed by atoms with Gasteiger partial charge in [0.1, 0.15) is 0 Å². The van der Waals surface area contributed by atoms with Gasteiger partial charge >= 0.3 is 0 Å². The lowest BCUT2D eigenvalue weighted by atomic mass is 9.84. The van der Waals surface area contributed by atoms with Gasteiger partial charge in [0.2, 0.25) is 0 Å². The molecule has 3 heteroatoms. The summed E-state index contributed by atoms with van der Waals surface area (Å²) < 4.78 is 1.89. The zero-order valence-corrected chi connectivity index (χ0v) is 10.9. The Morgan fingerprint density at radius 3 is 2.71 bits per heavy atom. The summed E-state index contributed by atoms with van der Waals surface area (Å²) in [6.07, 6.45) is 13.5. The maximum Gasteiger partial charge on any atom is 0.0521 e. The summed E-state index contributed by atoms with van der Waals surface area (Å²) >= 11 is 0. The molecule has 1 heterocycles. The van der Waals surface area contributed by atoms with Gasteiger partial charge in [0.15, 0.2) is 0 Å². The highest BCUT2D eigenvalue weighted by Gasteiger charge is 2.22. The molecule has 0 amide bonds. The fourth-order valence-electron chi connectivity index (χ4n) is 3.10. The Morgan fingerprint density at radius 2 is 2.06 bits per heavy atom. The number of aromatic nitrogens is 2. The summed E-state index contributed by atoms with van der Waals surface area (Å²) in [6, 6.07) is 0. The van der Waals surface area contributed by atoms with Crippen molar-refractivity contribution in [2.24, 2.45) is 24.6 Å². The molecule has 17 heavy (non-hydrogen) atoms. The summed E-state index contributed by atoms with van der Waals surface area (Å²) in [5.74, 6) is 1.59. The van der Waals surface area contributed by atoms with Crippen LogP contribution in [-0.2, 0) is 13.5 Å². The Labute approximate surface area is 104 Å². The maximum atomic E-state index is 5.92. The minimum absolute atomic E-state index is 0.758. The minimum Gasteiger partial charge on any atom is -0.330 e. The molecule has 0 bridgehead atoms. The first kappa shape index (κ1) is 12.6. The van der Waals surface area contributed by atoms with Crippen molar-refractivity contribution in [2.75, 3.05) is 6.54 Å². The largest absolute Gasteiger partial charge is 0.330 e. The lowest BCUT2D eigenvalue weighted by Gasteiger charge is -2.23. The molecule has 0 saturated heterocycles. The normalized spacial score (nSPS) is 25.8. The van der Waals surface area contributed by atoms with Crippen LogP contribution in [0.1, 0.15) is 44.1 Å². The summed E-state index contributed by atoms with van der Waals surface area (Å²) in [6.45, 7) is 0.873. The van der Waals surface area contributed by atoms with E-state index >= 15 is 0 Å². The van der Waals surface area contributed by atoms with Crippen LogP contribution in [0.4, 0.5) is 0 Å². The Balaban J connectivity index is 1.87. The van der Waals surface area contributed by atoms with Crippen molar-refractivity contribution in [1.29, 1.82) is 0 Å². The molecule has 0 spiro atoms. The molecule has 2 rings (SSSR count). The average molecular weight is 235 g/mol. The van der Waals surface area contributed by atoms with E-state index in [0.717, 1.165) is 24.8 Å². The highest BCUT2D eigenvalue weighted by Crippen LogP contribution is 2.31. The molecule has 1 aromatic heterocycles. The van der Waals surface area contributed by atoms with Crippen LogP contribution in [0, 0.1) is 11.8 Å². The fourth-order valence-corrected chi connectivity index (χ4v) is 3.10. The molecule has 0 radical (unpaired) electrons. The smallest absolute Gasteiger partial charge is 0.0521 e. The van der Waals surface area contributed by atoms with Gasteiger partial charge < -0.3 is 5.73 Å². The van der Waals surface area contributed by atoms with Gasteiger partial charge in [0.05, 0.1) is 6.20 Å². The molecule has 2 N–H and O–H groups in total. The van der Waals surface area contributed by atoms with E-state index in [-0.39, 0.29) is 0 Å². The third-order valence-corrected chi connectivity index (χ3v) is 4.18. The van der Waals surface area contributed by atoms with Gasteiger partial charge in [-0.1, -0.05) is 25.7 Å². The first-order chi connectivity index (χ1) is 8.29. The molecule has 96 valence electrons. The molecule has 1 fully saturated rings. The summed E-state index contributed by atoms with van der Waals surface area (Å²) in [4.78, 5) is 0. The Morgan fingerprint density at radius 1 is 1.29 bits per heavy atom. The second-order valence-electron chi connectivity index (χ2n) is 5.45. The zero-order chi connectivity index (χ0) is 12.1. The molecule has 1 aliphatic rings. The second kappa shape index (κ2) is 6.20. The lowest BCUT2D eigenvalue weighted by molar-refractivity contribution is 0.302. The minimum atomic E-state index is 0.758. The lowest BCUT2D eigenvalue weighted by Crippen LogP contribution is -2.23. The van der Waals surface area contributed by atoms with Crippen LogP contribution >= 0.6 is 0 Å². The SMILES string of the molecule is Cn1cc(CCC2CCCCCC2CN)cn1. The van der Waals surface area contributed by atoms with Gasteiger partial charge in [-0.3, -0.25) is 4.68 Å². The topological polar surface area (TPSA) is 43.8 Å². The van der Waals surface area contributed by atoms with Gasteiger partial charge in [-0.25, -0.2) is 0 Å². The number of nitrogens with zero attached hydrogens (tertiary/aromatic N) is 2. The average Bonchev–Trinajstić information content (AvgIpc) is 2.63. The molecule has 2 unspecified atom stereocenters. The molecular formula is C14H25N3. The van der Waals surface area contributed by atoms with E-state index in [1.165, 1.54) is 44.1 Å². The van der Waals surface area contributed by atoms with Gasteiger partial charge in [0, 0.05) is 13.2 Å². The quantitative estimate of drug-likeness (QED) is 0.815. The molecule has 0 aliphatic heterocycles. The van der Waals surface area contributed by atoms with Crippen molar-refractivity contribution in [3.8, 4) is 0 Å². The number of nitrogens with two attached hydrogens (primary N) is 1. The third kappa shape index (κ3) is 3.56. The summed E-state index contributed by atoms with van der Waals surface area (Å²) in [5.41, 5.74) is 7.29. The summed E-state index contributed by atoms with van der Waals surface area (Å²) in [5, 5.41) is 4.23. The Hall–Kier alpha value is -0.830. The second-order valence-corrected chi connectivity index (χ2v) is 5.45. The predicted octanol–water partition coefficient (Wildman–Crippen LogP) is 2.51. The van der Waals surface area contributed by atoms with Crippen LogP contribution in [0.2, 0.25) is 0 Å². The van der Waals surface area contributed by atoms with E-state index in [1.807, 2.05) is 17.9 Å². The summed E-state index contributed by atoms with van der Waals surface area (Å²) in [7, 11) is 1.98. The predicted molar refractivity (Wildman–Crippen MR) is 70.6 cm³/mol. The van der Waals surface area contributed by atoms with Crippen molar-refractivity contribution in [2.45, 2.75) is 44.9 Å². The standard InChI is InChI=1S/C14H25N3/c1-17-11-12(10-16-17)7-8-13-5-3-2-4-6-14(13)9-15/h10-11,13-14H,2-9,15H2,1H3. The molecular weight excluding hydrogens is 210 g/mol. The van der Waals surface area contributed by atoms with Crippen molar-refractivity contribution < 1.29 is 0 Å². The van der Waals surface area contributed by atoms with Crippen LogP contribution in [0.25, 0.3) is 0 Å². The molecule has 1 saturated carbocycles. The third-order valence-electron chi connectivity index (χ3n) is 4.18. The van der Waals surface area contributed by atoms with E-state index in [9.17, 15) is 0 Å². The van der Waals surface area contributed by atoms with E-state index in [2.05, 4.69) is 11.3 Å². The molecule has 1 aliphatic carbocycles. The van der Waals surface area contributed by atoms with Crippen molar-refractivity contribution >= 4 is 0 Å². The van der Waals surface area contributed by atoms with Crippen LogP contribution in [-0.4, -0.2) is 16.3 Å². The molecule has 2 atom stereocenters. The molecule has 1 aromatic rings. The van der Waals surface area contributed by atoms with Gasteiger partial charge in [-0.05, 0) is 43.2 Å². The highest BCUT2D eigenvalue weighted by molar-refractivity contribution is 5.03. The van der Waals surface area contributed by atoms with E-state index in [4.69, 9.17) is 5.73 Å². The number of hydrogen-bond donors (Lipinski definition) is 1. The number of aryl methyl sites for hydroxylation is 2. The monoisotopic (exact) mass is 235 g/mol. The Bertz CT molecular complexity index is 332. The first-order valence-corrected chi connectivity index (χ1v) is 6.97. The van der Waals surface area contributed by atoms with Crippen LogP contribution in [0.3, 0.4) is 0 Å². The zero-order valence-electron chi connectivity index (χ0n) is 10.9. The molecule has 3 nitrogen and oxygen atoms in total. The van der Waals surface area contributed by atoms with Crippen molar-refractivity contribution in [3.63, 3.8) is 0 Å². The van der Waals surface area contributed by atoms with Crippen molar-refractivity contribution in [1.82, 2.24) is 9.78 Å². The fraction of sp³-hybridized carbons (Fsp3) is 0.786. The van der Waals surface area contributed by atoms with Crippen LogP contribution in [0.15, 0.2) is 12.4 Å². The number of rotatable bonds is 4. The van der Waals surface area contributed by atoms with Crippen LogP contribution < -0.4 is 5.73 Å². The van der Waals surface area contributed by atoms with Gasteiger partial charge in [-0.15, -0.1) is 0 Å². The van der Waals surface area contributed by atoms with E-state index < -0.39 is 0 Å². The Kier molecular flexibility index (Phi) is 4.60. The van der Waals surface area contributed by atoms with Gasteiger partial charge in [-0.2, -0.15) is 5.10 Å². The van der Waals surface area contributed by atoms with E-state index in [1.54, 1.807) is 0 Å². The first-order valence-electron chi connectivity index (χ1n) is 6.97. The van der Waals surface area contributed by atoms with Gasteiger partial charge in [0.25, 0.3) is 0 Å². The van der Waals surface area contributed by atoms with E-state index in [0.29, 0.717) is 0 Å².